The van der Waals surface area contributed by atoms with Gasteiger partial charge >= 0.3 is 0 Å². The molecule has 0 saturated heterocycles. The summed E-state index contributed by atoms with van der Waals surface area (Å²) in [5.74, 6) is 0.871. The molecule has 0 spiro atoms. The van der Waals surface area contributed by atoms with Crippen LogP contribution in [0.3, 0.4) is 0 Å². The van der Waals surface area contributed by atoms with Crippen LogP contribution in [0.25, 0.3) is 0 Å². The molecule has 0 aliphatic heterocycles. The number of aliphatic hydroxyl groups excluding tert-OH is 1. The summed E-state index contributed by atoms with van der Waals surface area (Å²) in [6.07, 6.45) is 3.11. The molecule has 1 aliphatic rings. The molecule has 0 heterocycles. The van der Waals surface area contributed by atoms with Gasteiger partial charge in [-0.15, -0.1) is 0 Å². The van der Waals surface area contributed by atoms with Crippen LogP contribution in [0, 0.1) is 11.8 Å². The summed E-state index contributed by atoms with van der Waals surface area (Å²) in [5.41, 5.74) is 0.681. The Bertz CT molecular complexity index is 603. The molecule has 118 valence electrons. The van der Waals surface area contributed by atoms with E-state index in [9.17, 15) is 8.42 Å². The van der Waals surface area contributed by atoms with Crippen molar-refractivity contribution in [3.63, 3.8) is 0 Å². The highest BCUT2D eigenvalue weighted by Gasteiger charge is 2.31. The molecular formula is C15H22BrNO3S. The quantitative estimate of drug-likeness (QED) is 0.849. The number of nitrogens with one attached hydrogen (secondary N) is 1. The van der Waals surface area contributed by atoms with Crippen molar-refractivity contribution in [2.75, 3.05) is 0 Å². The lowest BCUT2D eigenvalue weighted by atomic mass is 9.78. The van der Waals surface area contributed by atoms with Crippen LogP contribution in [-0.2, 0) is 16.6 Å². The van der Waals surface area contributed by atoms with Crippen molar-refractivity contribution in [1.29, 1.82) is 0 Å². The summed E-state index contributed by atoms with van der Waals surface area (Å²) >= 11 is 3.29. The molecule has 1 aromatic carbocycles. The third kappa shape index (κ3) is 3.86. The number of aliphatic hydroxyl groups is 1. The van der Waals surface area contributed by atoms with Gasteiger partial charge in [-0.1, -0.05) is 32.8 Å². The van der Waals surface area contributed by atoms with Gasteiger partial charge in [0, 0.05) is 10.5 Å². The highest BCUT2D eigenvalue weighted by atomic mass is 79.9. The maximum absolute atomic E-state index is 12.6. The van der Waals surface area contributed by atoms with Gasteiger partial charge in [0.15, 0.2) is 0 Å². The predicted octanol–water partition coefficient (Wildman–Crippen LogP) is 3.04. The van der Waals surface area contributed by atoms with E-state index in [1.807, 2.05) is 0 Å². The van der Waals surface area contributed by atoms with Gasteiger partial charge in [0.1, 0.15) is 0 Å². The minimum atomic E-state index is -3.55. The van der Waals surface area contributed by atoms with Crippen molar-refractivity contribution >= 4 is 26.0 Å². The number of sulfonamides is 1. The van der Waals surface area contributed by atoms with Crippen molar-refractivity contribution in [3.8, 4) is 0 Å². The third-order valence-corrected chi connectivity index (χ3v) is 6.95. The zero-order valence-electron chi connectivity index (χ0n) is 12.3. The highest BCUT2D eigenvalue weighted by Crippen LogP contribution is 2.31. The van der Waals surface area contributed by atoms with Crippen LogP contribution in [0.5, 0.6) is 0 Å². The van der Waals surface area contributed by atoms with Gasteiger partial charge in [-0.05, 0) is 51.9 Å². The SMILES string of the molecule is CC1CCCC(NS(=O)(=O)c2ccc(CO)cc2Br)C1C. The lowest BCUT2D eigenvalue weighted by Gasteiger charge is -2.34. The van der Waals surface area contributed by atoms with Crippen molar-refractivity contribution in [1.82, 2.24) is 4.72 Å². The molecule has 1 aromatic rings. The summed E-state index contributed by atoms with van der Waals surface area (Å²) < 4.78 is 28.5. The van der Waals surface area contributed by atoms with Crippen LogP contribution in [0.4, 0.5) is 0 Å². The summed E-state index contributed by atoms with van der Waals surface area (Å²) in [5, 5.41) is 9.09. The molecule has 1 saturated carbocycles. The van der Waals surface area contributed by atoms with Crippen LogP contribution in [0.15, 0.2) is 27.6 Å². The molecule has 0 radical (unpaired) electrons. The topological polar surface area (TPSA) is 66.4 Å². The van der Waals surface area contributed by atoms with E-state index in [2.05, 4.69) is 34.5 Å². The molecule has 0 aromatic heterocycles. The number of hydrogen-bond donors (Lipinski definition) is 2. The van der Waals surface area contributed by atoms with Gasteiger partial charge in [0.2, 0.25) is 10.0 Å². The summed E-state index contributed by atoms with van der Waals surface area (Å²) in [6, 6.07) is 4.80. The molecular weight excluding hydrogens is 354 g/mol. The molecule has 1 fully saturated rings. The largest absolute Gasteiger partial charge is 0.392 e. The Morgan fingerprint density at radius 2 is 2.05 bits per heavy atom. The molecule has 1 aliphatic carbocycles. The predicted molar refractivity (Wildman–Crippen MR) is 86.4 cm³/mol. The molecule has 6 heteroatoms. The maximum atomic E-state index is 12.6. The Morgan fingerprint density at radius 3 is 2.67 bits per heavy atom. The Kier molecular flexibility index (Phi) is 5.46. The van der Waals surface area contributed by atoms with Crippen LogP contribution in [-0.4, -0.2) is 19.6 Å². The first-order valence-corrected chi connectivity index (χ1v) is 9.54. The van der Waals surface area contributed by atoms with Crippen molar-refractivity contribution in [2.45, 2.75) is 50.7 Å². The van der Waals surface area contributed by atoms with E-state index >= 15 is 0 Å². The minimum Gasteiger partial charge on any atom is -0.392 e. The van der Waals surface area contributed by atoms with Gasteiger partial charge in [0.05, 0.1) is 11.5 Å². The summed E-state index contributed by atoms with van der Waals surface area (Å²) in [6.45, 7) is 4.18. The lowest BCUT2D eigenvalue weighted by molar-refractivity contribution is 0.227. The molecule has 21 heavy (non-hydrogen) atoms. The molecule has 2 N–H and O–H groups in total. The normalized spacial score (nSPS) is 26.8. The van der Waals surface area contributed by atoms with Gasteiger partial charge in [0.25, 0.3) is 0 Å². The number of rotatable bonds is 4. The van der Waals surface area contributed by atoms with E-state index in [1.54, 1.807) is 12.1 Å². The first-order valence-electron chi connectivity index (χ1n) is 7.26. The first kappa shape index (κ1) is 16.9. The van der Waals surface area contributed by atoms with E-state index in [4.69, 9.17) is 5.11 Å². The van der Waals surface area contributed by atoms with Gasteiger partial charge in [-0.25, -0.2) is 13.1 Å². The number of benzene rings is 1. The Balaban J connectivity index is 2.22. The monoisotopic (exact) mass is 375 g/mol. The molecule has 0 amide bonds. The van der Waals surface area contributed by atoms with Crippen molar-refractivity contribution in [3.05, 3.63) is 28.2 Å². The lowest BCUT2D eigenvalue weighted by Crippen LogP contribution is -2.43. The fraction of sp³-hybridized carbons (Fsp3) is 0.600. The number of hydrogen-bond acceptors (Lipinski definition) is 3. The zero-order chi connectivity index (χ0) is 15.6. The minimum absolute atomic E-state index is 0.0110. The maximum Gasteiger partial charge on any atom is 0.241 e. The molecule has 2 rings (SSSR count). The van der Waals surface area contributed by atoms with E-state index in [0.29, 0.717) is 21.9 Å². The fourth-order valence-corrected chi connectivity index (χ4v) is 5.36. The number of halogens is 1. The van der Waals surface area contributed by atoms with E-state index < -0.39 is 10.0 Å². The summed E-state index contributed by atoms with van der Waals surface area (Å²) in [4.78, 5) is 0.227. The second-order valence-electron chi connectivity index (χ2n) is 5.92. The van der Waals surface area contributed by atoms with E-state index in [1.165, 1.54) is 6.07 Å². The third-order valence-electron chi connectivity index (χ3n) is 4.48. The smallest absolute Gasteiger partial charge is 0.241 e. The summed E-state index contributed by atoms with van der Waals surface area (Å²) in [7, 11) is -3.55. The standard InChI is InChI=1S/C15H22BrNO3S/c1-10-4-3-5-14(11(10)2)17-21(19,20)15-7-6-12(9-18)8-13(15)16/h6-8,10-11,14,17-18H,3-5,9H2,1-2H3. The van der Waals surface area contributed by atoms with E-state index in [0.717, 1.165) is 19.3 Å². The molecule has 3 unspecified atom stereocenters. The zero-order valence-corrected chi connectivity index (χ0v) is 14.7. The Hall–Kier alpha value is -0.430. The van der Waals surface area contributed by atoms with Gasteiger partial charge < -0.3 is 5.11 Å². The Labute approximate surface area is 135 Å². The van der Waals surface area contributed by atoms with Crippen LogP contribution < -0.4 is 4.72 Å². The Morgan fingerprint density at radius 1 is 1.33 bits per heavy atom. The fourth-order valence-electron chi connectivity index (χ4n) is 2.87. The average Bonchev–Trinajstić information content (AvgIpc) is 2.43. The van der Waals surface area contributed by atoms with Crippen LogP contribution in [0.1, 0.15) is 38.7 Å². The highest BCUT2D eigenvalue weighted by molar-refractivity contribution is 9.10. The van der Waals surface area contributed by atoms with E-state index in [-0.39, 0.29) is 17.5 Å². The molecule has 0 bridgehead atoms. The first-order chi connectivity index (χ1) is 9.85. The van der Waals surface area contributed by atoms with Gasteiger partial charge in [-0.3, -0.25) is 0 Å². The molecule has 3 atom stereocenters. The second-order valence-corrected chi connectivity index (χ2v) is 8.45. The van der Waals surface area contributed by atoms with Crippen LogP contribution in [0.2, 0.25) is 0 Å². The second kappa shape index (κ2) is 6.77. The average molecular weight is 376 g/mol. The van der Waals surface area contributed by atoms with Crippen molar-refractivity contribution in [2.24, 2.45) is 11.8 Å². The molecule has 4 nitrogen and oxygen atoms in total. The van der Waals surface area contributed by atoms with Gasteiger partial charge in [-0.2, -0.15) is 0 Å². The van der Waals surface area contributed by atoms with Crippen LogP contribution >= 0.6 is 15.9 Å². The van der Waals surface area contributed by atoms with Crippen molar-refractivity contribution < 1.29 is 13.5 Å².